The Bertz CT molecular complexity index is 341. The van der Waals surface area contributed by atoms with Gasteiger partial charge in [0.1, 0.15) is 6.29 Å². The van der Waals surface area contributed by atoms with E-state index in [0.717, 1.165) is 25.0 Å². The van der Waals surface area contributed by atoms with Crippen LogP contribution < -0.4 is 0 Å². The third-order valence-electron chi connectivity index (χ3n) is 3.75. The Morgan fingerprint density at radius 2 is 2.19 bits per heavy atom. The first-order valence-electron chi connectivity index (χ1n) is 6.13. The van der Waals surface area contributed by atoms with E-state index in [9.17, 15) is 4.79 Å². The van der Waals surface area contributed by atoms with Gasteiger partial charge in [-0.05, 0) is 37.3 Å². The Balaban J connectivity index is 2.06. The summed E-state index contributed by atoms with van der Waals surface area (Å²) in [7, 11) is 0. The Labute approximate surface area is 97.1 Å². The van der Waals surface area contributed by atoms with E-state index in [2.05, 4.69) is 18.0 Å². The number of rotatable bonds is 4. The van der Waals surface area contributed by atoms with Crippen LogP contribution in [0.1, 0.15) is 50.6 Å². The molecule has 0 saturated heterocycles. The first-order chi connectivity index (χ1) is 7.76. The van der Waals surface area contributed by atoms with Gasteiger partial charge >= 0.3 is 0 Å². The predicted octanol–water partition coefficient (Wildman–Crippen LogP) is 3.33. The van der Waals surface area contributed by atoms with Gasteiger partial charge in [-0.25, -0.2) is 0 Å². The summed E-state index contributed by atoms with van der Waals surface area (Å²) in [6.45, 7) is 2.17. The van der Waals surface area contributed by atoms with Crippen molar-refractivity contribution in [2.75, 3.05) is 0 Å². The predicted molar refractivity (Wildman–Crippen MR) is 64.2 cm³/mol. The second-order valence-electron chi connectivity index (χ2n) is 5.05. The van der Waals surface area contributed by atoms with Gasteiger partial charge in [-0.15, -0.1) is 0 Å². The summed E-state index contributed by atoms with van der Waals surface area (Å²) in [5.74, 6) is 0.379. The highest BCUT2D eigenvalue weighted by Gasteiger charge is 2.35. The smallest absolute Gasteiger partial charge is 0.126 e. The molecule has 2 heteroatoms. The lowest BCUT2D eigenvalue weighted by Gasteiger charge is -2.25. The van der Waals surface area contributed by atoms with E-state index in [1.807, 2.05) is 18.3 Å². The van der Waals surface area contributed by atoms with Gasteiger partial charge in [-0.3, -0.25) is 4.98 Å². The van der Waals surface area contributed by atoms with Crippen LogP contribution in [0.2, 0.25) is 0 Å². The monoisotopic (exact) mass is 217 g/mol. The van der Waals surface area contributed by atoms with Gasteiger partial charge in [-0.2, -0.15) is 0 Å². The number of hydrogen-bond donors (Lipinski definition) is 0. The number of carbonyl (C=O) groups excluding carboxylic acids is 1. The van der Waals surface area contributed by atoms with Gasteiger partial charge in [-0.1, -0.05) is 25.8 Å². The van der Waals surface area contributed by atoms with Crippen LogP contribution in [0.4, 0.5) is 0 Å². The summed E-state index contributed by atoms with van der Waals surface area (Å²) < 4.78 is 0. The molecule has 1 atom stereocenters. The molecule has 1 saturated carbocycles. The van der Waals surface area contributed by atoms with Crippen molar-refractivity contribution in [3.05, 3.63) is 30.1 Å². The van der Waals surface area contributed by atoms with Gasteiger partial charge in [0.2, 0.25) is 0 Å². The molecule has 0 amide bonds. The van der Waals surface area contributed by atoms with E-state index >= 15 is 0 Å². The van der Waals surface area contributed by atoms with Crippen molar-refractivity contribution in [3.8, 4) is 0 Å². The molecule has 16 heavy (non-hydrogen) atoms. The summed E-state index contributed by atoms with van der Waals surface area (Å²) in [6.07, 6.45) is 8.50. The Morgan fingerprint density at radius 3 is 2.75 bits per heavy atom. The maximum absolute atomic E-state index is 11.3. The second-order valence-corrected chi connectivity index (χ2v) is 5.05. The summed E-state index contributed by atoms with van der Waals surface area (Å²) in [5, 5.41) is 0. The molecule has 2 rings (SSSR count). The molecule has 1 heterocycles. The maximum atomic E-state index is 11.3. The fraction of sp³-hybridized carbons (Fsp3) is 0.571. The standard InChI is InChI=1S/C14H19NO/c1-12(13-6-2-5-9-15-13)10-14(11-16)7-3-4-8-14/h2,5-6,9,11-12H,3-4,7-8,10H2,1H3. The highest BCUT2D eigenvalue weighted by atomic mass is 16.1. The van der Waals surface area contributed by atoms with E-state index in [0.29, 0.717) is 5.92 Å². The first kappa shape index (κ1) is 11.3. The summed E-state index contributed by atoms with van der Waals surface area (Å²) in [4.78, 5) is 15.6. The van der Waals surface area contributed by atoms with Crippen LogP contribution >= 0.6 is 0 Å². The molecule has 1 aromatic heterocycles. The highest BCUT2D eigenvalue weighted by Crippen LogP contribution is 2.43. The molecular weight excluding hydrogens is 198 g/mol. The van der Waals surface area contributed by atoms with Crippen molar-refractivity contribution in [1.29, 1.82) is 0 Å². The Hall–Kier alpha value is -1.18. The first-order valence-corrected chi connectivity index (χ1v) is 6.13. The number of pyridine rings is 1. The minimum atomic E-state index is -0.0586. The van der Waals surface area contributed by atoms with Gasteiger partial charge in [0, 0.05) is 17.3 Å². The lowest BCUT2D eigenvalue weighted by Crippen LogP contribution is -2.21. The zero-order valence-corrected chi connectivity index (χ0v) is 9.86. The van der Waals surface area contributed by atoms with Crippen LogP contribution in [0.25, 0.3) is 0 Å². The van der Waals surface area contributed by atoms with Crippen LogP contribution in [0.15, 0.2) is 24.4 Å². The molecule has 0 aromatic carbocycles. The molecule has 86 valence electrons. The number of aromatic nitrogens is 1. The number of hydrogen-bond acceptors (Lipinski definition) is 2. The van der Waals surface area contributed by atoms with Gasteiger partial charge in [0.15, 0.2) is 0 Å². The average molecular weight is 217 g/mol. The molecular formula is C14H19NO. The van der Waals surface area contributed by atoms with E-state index in [-0.39, 0.29) is 5.41 Å². The highest BCUT2D eigenvalue weighted by molar-refractivity contribution is 5.60. The zero-order chi connectivity index (χ0) is 11.4. The fourth-order valence-corrected chi connectivity index (χ4v) is 2.83. The van der Waals surface area contributed by atoms with E-state index in [1.165, 1.54) is 19.1 Å². The van der Waals surface area contributed by atoms with Crippen molar-refractivity contribution < 1.29 is 4.79 Å². The summed E-state index contributed by atoms with van der Waals surface area (Å²) in [5.41, 5.74) is 1.05. The number of nitrogens with zero attached hydrogens (tertiary/aromatic N) is 1. The summed E-state index contributed by atoms with van der Waals surface area (Å²) >= 11 is 0. The fourth-order valence-electron chi connectivity index (χ4n) is 2.83. The third-order valence-corrected chi connectivity index (χ3v) is 3.75. The lowest BCUT2D eigenvalue weighted by atomic mass is 9.78. The number of aldehydes is 1. The average Bonchev–Trinajstić information content (AvgIpc) is 2.79. The maximum Gasteiger partial charge on any atom is 0.126 e. The lowest BCUT2D eigenvalue weighted by molar-refractivity contribution is -0.116. The minimum absolute atomic E-state index is 0.0586. The quantitative estimate of drug-likeness (QED) is 0.724. The molecule has 1 aliphatic rings. The van der Waals surface area contributed by atoms with Crippen molar-refractivity contribution in [3.63, 3.8) is 0 Å². The van der Waals surface area contributed by atoms with Crippen LogP contribution in [0, 0.1) is 5.41 Å². The zero-order valence-electron chi connectivity index (χ0n) is 9.86. The van der Waals surface area contributed by atoms with Crippen LogP contribution in [0.3, 0.4) is 0 Å². The van der Waals surface area contributed by atoms with Gasteiger partial charge < -0.3 is 4.79 Å². The van der Waals surface area contributed by atoms with Crippen molar-refractivity contribution in [1.82, 2.24) is 4.98 Å². The molecule has 0 bridgehead atoms. The van der Waals surface area contributed by atoms with Crippen LogP contribution in [-0.2, 0) is 4.79 Å². The van der Waals surface area contributed by atoms with Crippen LogP contribution in [-0.4, -0.2) is 11.3 Å². The Morgan fingerprint density at radius 1 is 1.44 bits per heavy atom. The SMILES string of the molecule is CC(CC1(C=O)CCCC1)c1ccccn1. The van der Waals surface area contributed by atoms with Crippen LogP contribution in [0.5, 0.6) is 0 Å². The normalized spacial score (nSPS) is 20.6. The largest absolute Gasteiger partial charge is 0.303 e. The van der Waals surface area contributed by atoms with Crippen molar-refractivity contribution in [2.45, 2.75) is 44.9 Å². The molecule has 0 spiro atoms. The van der Waals surface area contributed by atoms with E-state index < -0.39 is 0 Å². The Kier molecular flexibility index (Phi) is 3.37. The second kappa shape index (κ2) is 4.77. The van der Waals surface area contributed by atoms with Gasteiger partial charge in [0.05, 0.1) is 0 Å². The molecule has 1 unspecified atom stereocenters. The van der Waals surface area contributed by atoms with Gasteiger partial charge in [0.25, 0.3) is 0 Å². The van der Waals surface area contributed by atoms with E-state index in [1.54, 1.807) is 0 Å². The molecule has 2 nitrogen and oxygen atoms in total. The molecule has 0 aliphatic heterocycles. The third kappa shape index (κ3) is 2.31. The van der Waals surface area contributed by atoms with E-state index in [4.69, 9.17) is 0 Å². The number of carbonyl (C=O) groups is 1. The molecule has 1 fully saturated rings. The molecule has 0 N–H and O–H groups in total. The topological polar surface area (TPSA) is 30.0 Å². The van der Waals surface area contributed by atoms with Crippen molar-refractivity contribution in [2.24, 2.45) is 5.41 Å². The minimum Gasteiger partial charge on any atom is -0.303 e. The molecule has 0 radical (unpaired) electrons. The summed E-state index contributed by atoms with van der Waals surface area (Å²) in [6, 6.07) is 6.00. The van der Waals surface area contributed by atoms with Crippen molar-refractivity contribution >= 4 is 6.29 Å². The molecule has 1 aromatic rings. The molecule has 1 aliphatic carbocycles.